The predicted octanol–water partition coefficient (Wildman–Crippen LogP) is 3.64. The highest BCUT2D eigenvalue weighted by atomic mass is 32.1. The van der Waals surface area contributed by atoms with Crippen molar-refractivity contribution in [1.82, 2.24) is 0 Å². The summed E-state index contributed by atoms with van der Waals surface area (Å²) in [5, 5.41) is 22.0. The van der Waals surface area contributed by atoms with Crippen LogP contribution in [0.1, 0.15) is 10.4 Å². The van der Waals surface area contributed by atoms with Gasteiger partial charge in [-0.1, -0.05) is 0 Å². The van der Waals surface area contributed by atoms with E-state index in [0.717, 1.165) is 21.6 Å². The van der Waals surface area contributed by atoms with Gasteiger partial charge in [0.15, 0.2) is 0 Å². The van der Waals surface area contributed by atoms with Crippen molar-refractivity contribution in [2.75, 3.05) is 0 Å². The minimum absolute atomic E-state index is 0.209. The van der Waals surface area contributed by atoms with Crippen LogP contribution in [0.15, 0.2) is 28.5 Å². The molecule has 0 unspecified atom stereocenters. The number of hydrogen-bond donors (Lipinski definition) is 0. The van der Waals surface area contributed by atoms with Crippen molar-refractivity contribution in [2.45, 2.75) is 0 Å². The number of thiophene rings is 2. The van der Waals surface area contributed by atoms with Crippen LogP contribution in [0.3, 0.4) is 0 Å². The number of fused-ring (bicyclic) bond motifs is 3. The second-order valence-electron chi connectivity index (χ2n) is 3.30. The van der Waals surface area contributed by atoms with Crippen LogP contribution in [0, 0.1) is 22.7 Å². The van der Waals surface area contributed by atoms with Crippen molar-refractivity contribution in [1.29, 1.82) is 10.5 Å². The number of nitrogens with zero attached hydrogens (tertiary/aromatic N) is 2. The van der Waals surface area contributed by atoms with Crippen LogP contribution in [0.4, 0.5) is 0 Å². The predicted molar refractivity (Wildman–Crippen MR) is 64.9 cm³/mol. The summed E-state index contributed by atoms with van der Waals surface area (Å²) in [5.74, 6) is 0. The van der Waals surface area contributed by atoms with Crippen molar-refractivity contribution < 1.29 is 0 Å². The highest BCUT2D eigenvalue weighted by Crippen LogP contribution is 2.50. The van der Waals surface area contributed by atoms with E-state index in [1.54, 1.807) is 22.7 Å². The minimum Gasteiger partial charge on any atom is -0.192 e. The molecule has 0 aliphatic heterocycles. The Balaban J connectivity index is 2.45. The molecule has 2 heterocycles. The molecule has 4 heteroatoms. The van der Waals surface area contributed by atoms with E-state index in [0.29, 0.717) is 0 Å². The monoisotopic (exact) mass is 240 g/mol. The summed E-state index contributed by atoms with van der Waals surface area (Å²) in [5.41, 5.74) is 3.21. The van der Waals surface area contributed by atoms with Gasteiger partial charge in [-0.05, 0) is 22.9 Å². The summed E-state index contributed by atoms with van der Waals surface area (Å²) >= 11 is 3.24. The van der Waals surface area contributed by atoms with E-state index in [1.165, 1.54) is 4.88 Å². The molecule has 2 aromatic rings. The lowest BCUT2D eigenvalue weighted by Gasteiger charge is -1.96. The molecule has 1 aliphatic carbocycles. The van der Waals surface area contributed by atoms with E-state index in [-0.39, 0.29) is 5.57 Å². The molecule has 2 aromatic heterocycles. The van der Waals surface area contributed by atoms with Crippen LogP contribution < -0.4 is 0 Å². The Hall–Kier alpha value is -1.88. The van der Waals surface area contributed by atoms with Crippen LogP contribution in [0.5, 0.6) is 0 Å². The second-order valence-corrected chi connectivity index (χ2v) is 5.13. The molecular weight excluding hydrogens is 236 g/mol. The van der Waals surface area contributed by atoms with Crippen molar-refractivity contribution in [3.8, 4) is 22.6 Å². The van der Waals surface area contributed by atoms with Crippen molar-refractivity contribution >= 4 is 28.2 Å². The number of allylic oxidation sites excluding steroid dienone is 1. The molecule has 0 bridgehead atoms. The SMILES string of the molecule is N#CC(C#N)=C1c2ccsc2-c2ccsc21. The summed E-state index contributed by atoms with van der Waals surface area (Å²) in [6.45, 7) is 0. The third-order valence-corrected chi connectivity index (χ3v) is 4.42. The summed E-state index contributed by atoms with van der Waals surface area (Å²) < 4.78 is 0. The van der Waals surface area contributed by atoms with E-state index in [9.17, 15) is 0 Å². The van der Waals surface area contributed by atoms with Crippen LogP contribution in [0.2, 0.25) is 0 Å². The Morgan fingerprint density at radius 3 is 2.25 bits per heavy atom. The average Bonchev–Trinajstić information content (AvgIpc) is 2.95. The van der Waals surface area contributed by atoms with Gasteiger partial charge in [0.25, 0.3) is 0 Å². The van der Waals surface area contributed by atoms with Gasteiger partial charge in [-0.25, -0.2) is 0 Å². The first-order valence-electron chi connectivity index (χ1n) is 4.57. The number of hydrogen-bond acceptors (Lipinski definition) is 4. The Labute approximate surface area is 100 Å². The van der Waals surface area contributed by atoms with Gasteiger partial charge < -0.3 is 0 Å². The molecule has 0 amide bonds. The maximum absolute atomic E-state index is 8.99. The van der Waals surface area contributed by atoms with E-state index < -0.39 is 0 Å². The summed E-state index contributed by atoms with van der Waals surface area (Å²) in [6, 6.07) is 8.00. The van der Waals surface area contributed by atoms with Crippen molar-refractivity contribution in [3.05, 3.63) is 38.9 Å². The Kier molecular flexibility index (Phi) is 1.94. The highest BCUT2D eigenvalue weighted by Gasteiger charge is 2.28. The number of rotatable bonds is 0. The first-order chi connectivity index (χ1) is 7.86. The Morgan fingerprint density at radius 1 is 0.938 bits per heavy atom. The quantitative estimate of drug-likeness (QED) is 0.563. The normalized spacial score (nSPS) is 11.5. The van der Waals surface area contributed by atoms with Gasteiger partial charge in [0.1, 0.15) is 17.7 Å². The van der Waals surface area contributed by atoms with Crippen LogP contribution in [-0.4, -0.2) is 0 Å². The molecule has 0 atom stereocenters. The fraction of sp³-hybridized carbons (Fsp3) is 0. The standard InChI is InChI=1S/C12H4N2S2/c13-5-7(6-14)10-8-1-3-15-11(8)9-2-4-16-12(9)10/h1-4H. The lowest BCUT2D eigenvalue weighted by molar-refractivity contribution is 1.46. The smallest absolute Gasteiger partial charge is 0.138 e. The Morgan fingerprint density at radius 2 is 1.56 bits per heavy atom. The van der Waals surface area contributed by atoms with E-state index in [4.69, 9.17) is 10.5 Å². The molecule has 3 rings (SSSR count). The fourth-order valence-corrected chi connectivity index (χ4v) is 3.87. The molecule has 0 radical (unpaired) electrons. The molecular formula is C12H4N2S2. The summed E-state index contributed by atoms with van der Waals surface area (Å²) in [4.78, 5) is 2.23. The van der Waals surface area contributed by atoms with E-state index in [1.807, 2.05) is 29.0 Å². The lowest BCUT2D eigenvalue weighted by Crippen LogP contribution is -1.83. The van der Waals surface area contributed by atoms with Crippen LogP contribution >= 0.6 is 22.7 Å². The third-order valence-electron chi connectivity index (χ3n) is 2.55. The van der Waals surface area contributed by atoms with Gasteiger partial charge in [-0.15, -0.1) is 22.7 Å². The molecule has 74 valence electrons. The first-order valence-corrected chi connectivity index (χ1v) is 6.33. The lowest BCUT2D eigenvalue weighted by atomic mass is 10.1. The molecule has 0 saturated heterocycles. The number of nitriles is 2. The zero-order valence-corrected chi connectivity index (χ0v) is 9.65. The largest absolute Gasteiger partial charge is 0.192 e. The van der Waals surface area contributed by atoms with Gasteiger partial charge in [0, 0.05) is 26.5 Å². The molecule has 0 N–H and O–H groups in total. The van der Waals surface area contributed by atoms with Gasteiger partial charge in [-0.3, -0.25) is 0 Å². The second kappa shape index (κ2) is 3.31. The van der Waals surface area contributed by atoms with Crippen LogP contribution in [-0.2, 0) is 0 Å². The van der Waals surface area contributed by atoms with Gasteiger partial charge in [0.2, 0.25) is 0 Å². The average molecular weight is 240 g/mol. The fourth-order valence-electron chi connectivity index (χ4n) is 1.90. The summed E-state index contributed by atoms with van der Waals surface area (Å²) in [6.07, 6.45) is 0. The zero-order valence-electron chi connectivity index (χ0n) is 8.02. The van der Waals surface area contributed by atoms with E-state index >= 15 is 0 Å². The molecule has 2 nitrogen and oxygen atoms in total. The van der Waals surface area contributed by atoms with Crippen LogP contribution in [0.25, 0.3) is 16.0 Å². The molecule has 0 spiro atoms. The van der Waals surface area contributed by atoms with Crippen molar-refractivity contribution in [2.24, 2.45) is 0 Å². The van der Waals surface area contributed by atoms with Gasteiger partial charge >= 0.3 is 0 Å². The first kappa shape index (κ1) is 9.35. The highest BCUT2D eigenvalue weighted by molar-refractivity contribution is 7.16. The molecule has 0 aromatic carbocycles. The zero-order chi connectivity index (χ0) is 11.1. The molecule has 0 fully saturated rings. The van der Waals surface area contributed by atoms with Crippen molar-refractivity contribution in [3.63, 3.8) is 0 Å². The minimum atomic E-state index is 0.209. The third kappa shape index (κ3) is 1.03. The van der Waals surface area contributed by atoms with Gasteiger partial charge in [-0.2, -0.15) is 10.5 Å². The summed E-state index contributed by atoms with van der Waals surface area (Å²) in [7, 11) is 0. The Bertz CT molecular complexity index is 631. The molecule has 0 saturated carbocycles. The van der Waals surface area contributed by atoms with Gasteiger partial charge in [0.05, 0.1) is 0 Å². The molecule has 16 heavy (non-hydrogen) atoms. The molecule has 1 aliphatic rings. The maximum atomic E-state index is 8.99. The topological polar surface area (TPSA) is 47.6 Å². The maximum Gasteiger partial charge on any atom is 0.138 e. The van der Waals surface area contributed by atoms with E-state index in [2.05, 4.69) is 6.07 Å².